The van der Waals surface area contributed by atoms with Gasteiger partial charge >= 0.3 is 5.69 Å². The molecular formula is C12H15N3O2S. The molecule has 0 fully saturated rings. The highest BCUT2D eigenvalue weighted by atomic mass is 32.1. The lowest BCUT2D eigenvalue weighted by atomic mass is 10.4. The van der Waals surface area contributed by atoms with Crippen molar-refractivity contribution in [1.82, 2.24) is 9.13 Å². The van der Waals surface area contributed by atoms with Crippen molar-refractivity contribution in [3.8, 4) is 0 Å². The van der Waals surface area contributed by atoms with Crippen LogP contribution in [0.3, 0.4) is 0 Å². The standard InChI is InChI=1S/C12H15N3O2S/c1-2-5-14-8-10(13)11(16)15(12(14)17)7-9-4-3-6-18-9/h3-4,6,8H,2,5,7,13H2,1H3. The summed E-state index contributed by atoms with van der Waals surface area (Å²) in [4.78, 5) is 25.0. The highest BCUT2D eigenvalue weighted by Crippen LogP contribution is 2.08. The maximum absolute atomic E-state index is 12.1. The van der Waals surface area contributed by atoms with Crippen LogP contribution < -0.4 is 17.0 Å². The molecule has 0 unspecified atom stereocenters. The largest absolute Gasteiger partial charge is 0.393 e. The number of rotatable bonds is 4. The molecule has 0 aromatic carbocycles. The zero-order valence-electron chi connectivity index (χ0n) is 10.1. The third-order valence-electron chi connectivity index (χ3n) is 2.62. The summed E-state index contributed by atoms with van der Waals surface area (Å²) >= 11 is 1.51. The van der Waals surface area contributed by atoms with Crippen molar-refractivity contribution < 1.29 is 0 Å². The Morgan fingerprint density at radius 3 is 2.78 bits per heavy atom. The van der Waals surface area contributed by atoms with E-state index in [4.69, 9.17) is 5.73 Å². The van der Waals surface area contributed by atoms with Crippen LogP contribution in [-0.2, 0) is 13.1 Å². The molecule has 0 radical (unpaired) electrons. The summed E-state index contributed by atoms with van der Waals surface area (Å²) in [5.41, 5.74) is 5.05. The zero-order valence-corrected chi connectivity index (χ0v) is 10.9. The molecule has 0 bridgehead atoms. The molecule has 2 heterocycles. The third-order valence-corrected chi connectivity index (χ3v) is 3.48. The molecule has 0 spiro atoms. The smallest absolute Gasteiger partial charge is 0.331 e. The third kappa shape index (κ3) is 2.38. The molecule has 96 valence electrons. The number of hydrogen-bond donors (Lipinski definition) is 1. The van der Waals surface area contributed by atoms with Gasteiger partial charge in [0.1, 0.15) is 5.69 Å². The molecule has 0 aliphatic heterocycles. The Morgan fingerprint density at radius 1 is 1.39 bits per heavy atom. The molecule has 0 saturated carbocycles. The molecule has 0 amide bonds. The van der Waals surface area contributed by atoms with E-state index < -0.39 is 5.56 Å². The summed E-state index contributed by atoms with van der Waals surface area (Å²) in [6, 6.07) is 3.78. The van der Waals surface area contributed by atoms with E-state index in [0.717, 1.165) is 11.3 Å². The fourth-order valence-corrected chi connectivity index (χ4v) is 2.47. The lowest BCUT2D eigenvalue weighted by Gasteiger charge is -2.09. The Hall–Kier alpha value is -1.82. The van der Waals surface area contributed by atoms with Crippen molar-refractivity contribution in [1.29, 1.82) is 0 Å². The Bertz CT molecular complexity index is 640. The minimum absolute atomic E-state index is 0.111. The monoisotopic (exact) mass is 265 g/mol. The Kier molecular flexibility index (Phi) is 3.66. The van der Waals surface area contributed by atoms with Crippen LogP contribution in [0.5, 0.6) is 0 Å². The Balaban J connectivity index is 2.51. The van der Waals surface area contributed by atoms with E-state index in [1.807, 2.05) is 24.4 Å². The van der Waals surface area contributed by atoms with Gasteiger partial charge in [0, 0.05) is 17.6 Å². The number of nitrogen functional groups attached to an aromatic ring is 1. The molecule has 6 heteroatoms. The first-order chi connectivity index (χ1) is 8.63. The van der Waals surface area contributed by atoms with Gasteiger partial charge in [-0.25, -0.2) is 4.79 Å². The van der Waals surface area contributed by atoms with E-state index >= 15 is 0 Å². The maximum atomic E-state index is 12.1. The van der Waals surface area contributed by atoms with E-state index in [2.05, 4.69) is 0 Å². The van der Waals surface area contributed by atoms with E-state index in [1.165, 1.54) is 26.7 Å². The molecule has 18 heavy (non-hydrogen) atoms. The average Bonchev–Trinajstić information content (AvgIpc) is 2.85. The van der Waals surface area contributed by atoms with Crippen LogP contribution in [0.15, 0.2) is 33.3 Å². The second-order valence-corrected chi connectivity index (χ2v) is 5.06. The van der Waals surface area contributed by atoms with Crippen LogP contribution in [0.1, 0.15) is 18.2 Å². The average molecular weight is 265 g/mol. The molecule has 0 saturated heterocycles. The van der Waals surface area contributed by atoms with Crippen LogP contribution in [0, 0.1) is 0 Å². The first-order valence-corrected chi connectivity index (χ1v) is 6.63. The number of aromatic nitrogens is 2. The van der Waals surface area contributed by atoms with Gasteiger partial charge in [-0.05, 0) is 17.9 Å². The van der Waals surface area contributed by atoms with Crippen molar-refractivity contribution in [2.75, 3.05) is 5.73 Å². The predicted molar refractivity (Wildman–Crippen MR) is 73.1 cm³/mol. The minimum atomic E-state index is -0.416. The molecule has 2 N–H and O–H groups in total. The zero-order chi connectivity index (χ0) is 13.1. The summed E-state index contributed by atoms with van der Waals surface area (Å²) in [5.74, 6) is 0. The maximum Gasteiger partial charge on any atom is 0.331 e. The number of nitrogens with zero attached hydrogens (tertiary/aromatic N) is 2. The van der Waals surface area contributed by atoms with Crippen LogP contribution in [0.2, 0.25) is 0 Å². The number of thiophene rings is 1. The summed E-state index contributed by atoms with van der Waals surface area (Å²) in [5, 5.41) is 1.91. The Morgan fingerprint density at radius 2 is 2.17 bits per heavy atom. The molecule has 2 rings (SSSR count). The fourth-order valence-electron chi connectivity index (χ4n) is 1.77. The highest BCUT2D eigenvalue weighted by molar-refractivity contribution is 7.09. The van der Waals surface area contributed by atoms with Crippen LogP contribution >= 0.6 is 11.3 Å². The van der Waals surface area contributed by atoms with Gasteiger partial charge in [0.25, 0.3) is 5.56 Å². The van der Waals surface area contributed by atoms with Gasteiger partial charge in [0.15, 0.2) is 0 Å². The molecular weight excluding hydrogens is 250 g/mol. The molecule has 0 atom stereocenters. The van der Waals surface area contributed by atoms with Gasteiger partial charge in [0.05, 0.1) is 6.54 Å². The number of aryl methyl sites for hydroxylation is 1. The van der Waals surface area contributed by atoms with Gasteiger partial charge in [-0.1, -0.05) is 13.0 Å². The van der Waals surface area contributed by atoms with E-state index in [1.54, 1.807) is 0 Å². The first-order valence-electron chi connectivity index (χ1n) is 5.75. The second kappa shape index (κ2) is 5.22. The van der Waals surface area contributed by atoms with Crippen LogP contribution in [-0.4, -0.2) is 9.13 Å². The van der Waals surface area contributed by atoms with E-state index in [0.29, 0.717) is 6.54 Å². The quantitative estimate of drug-likeness (QED) is 0.900. The van der Waals surface area contributed by atoms with Crippen molar-refractivity contribution in [3.05, 3.63) is 49.4 Å². The lowest BCUT2D eigenvalue weighted by molar-refractivity contribution is 0.575. The highest BCUT2D eigenvalue weighted by Gasteiger charge is 2.09. The molecule has 0 aliphatic rings. The molecule has 2 aromatic rings. The van der Waals surface area contributed by atoms with Gasteiger partial charge in [-0.3, -0.25) is 13.9 Å². The number of hydrogen-bond acceptors (Lipinski definition) is 4. The minimum Gasteiger partial charge on any atom is -0.393 e. The first kappa shape index (κ1) is 12.6. The van der Waals surface area contributed by atoms with Gasteiger partial charge in [0.2, 0.25) is 0 Å². The van der Waals surface area contributed by atoms with Crippen LogP contribution in [0.25, 0.3) is 0 Å². The fraction of sp³-hybridized carbons (Fsp3) is 0.333. The van der Waals surface area contributed by atoms with Gasteiger partial charge < -0.3 is 5.73 Å². The van der Waals surface area contributed by atoms with E-state index in [9.17, 15) is 9.59 Å². The number of anilines is 1. The molecule has 2 aromatic heterocycles. The summed E-state index contributed by atoms with van der Waals surface area (Å²) in [6.07, 6.45) is 2.25. The SMILES string of the molecule is CCCn1cc(N)c(=O)n(Cc2cccs2)c1=O. The summed E-state index contributed by atoms with van der Waals surface area (Å²) < 4.78 is 2.68. The van der Waals surface area contributed by atoms with Crippen molar-refractivity contribution >= 4 is 17.0 Å². The normalized spacial score (nSPS) is 10.7. The van der Waals surface area contributed by atoms with E-state index in [-0.39, 0.29) is 17.9 Å². The summed E-state index contributed by atoms with van der Waals surface area (Å²) in [6.45, 7) is 2.81. The molecule has 5 nitrogen and oxygen atoms in total. The van der Waals surface area contributed by atoms with Crippen molar-refractivity contribution in [3.63, 3.8) is 0 Å². The Labute approximate surface area is 108 Å². The lowest BCUT2D eigenvalue weighted by Crippen LogP contribution is -2.40. The molecule has 0 aliphatic carbocycles. The second-order valence-electron chi connectivity index (χ2n) is 4.03. The van der Waals surface area contributed by atoms with Crippen molar-refractivity contribution in [2.24, 2.45) is 0 Å². The predicted octanol–water partition coefficient (Wildman–Crippen LogP) is 1.11. The van der Waals surface area contributed by atoms with Crippen LogP contribution in [0.4, 0.5) is 5.69 Å². The van der Waals surface area contributed by atoms with Gasteiger partial charge in [-0.2, -0.15) is 0 Å². The van der Waals surface area contributed by atoms with Gasteiger partial charge in [-0.15, -0.1) is 11.3 Å². The van der Waals surface area contributed by atoms with Crippen molar-refractivity contribution in [2.45, 2.75) is 26.4 Å². The topological polar surface area (TPSA) is 70.0 Å². The summed E-state index contributed by atoms with van der Waals surface area (Å²) in [7, 11) is 0. The number of nitrogens with two attached hydrogens (primary N) is 1.